The zero-order chi connectivity index (χ0) is 26.0. The number of alkyl halides is 1. The van der Waals surface area contributed by atoms with Crippen LogP contribution < -0.4 is 14.8 Å². The van der Waals surface area contributed by atoms with Crippen LogP contribution in [0, 0.1) is 11.8 Å². The molecular weight excluding hydrogens is 481 g/mol. The van der Waals surface area contributed by atoms with Gasteiger partial charge in [0.05, 0.1) is 25.7 Å². The number of nitrogens with zero attached hydrogens (tertiary/aromatic N) is 2. The molecule has 1 aromatic carbocycles. The van der Waals surface area contributed by atoms with Crippen molar-refractivity contribution in [3.05, 3.63) is 36.5 Å². The van der Waals surface area contributed by atoms with Crippen molar-refractivity contribution < 1.29 is 28.5 Å². The van der Waals surface area contributed by atoms with Crippen LogP contribution in [0.1, 0.15) is 0 Å². The van der Waals surface area contributed by atoms with Crippen molar-refractivity contribution in [1.82, 2.24) is 9.55 Å². The third-order valence-corrected chi connectivity index (χ3v) is 8.19. The van der Waals surface area contributed by atoms with Gasteiger partial charge in [0.15, 0.2) is 0 Å². The molecule has 1 aliphatic rings. The number of carbonyl (C=O) groups is 1. The molecule has 2 unspecified atom stereocenters. The lowest BCUT2D eigenvalue weighted by molar-refractivity contribution is -0.118. The summed E-state index contributed by atoms with van der Waals surface area (Å²) in [5.74, 6) is -0.362. The van der Waals surface area contributed by atoms with Crippen molar-refractivity contribution >= 4 is 30.8 Å². The van der Waals surface area contributed by atoms with Crippen LogP contribution >= 0.6 is 0 Å². The number of aromatic nitrogens is 2. The standard InChI is InChI=1S/C26H34FN3O5Si/c1-33-19-7-6-8-20(34-2)22(19)17-13-30(15-35-11-12-36(3,4)5)25-16(17)9-10-21(28-25)29-26(32)23-18(14-31)24(23)27/h6-10,13,18,23-24,31H,11-12,14-15H2,1-5H3,(H,28,29,32)/t18?,23?,24-/m1/s1. The molecule has 36 heavy (non-hydrogen) atoms. The topological polar surface area (TPSA) is 94.8 Å². The van der Waals surface area contributed by atoms with Crippen LogP contribution in [0.15, 0.2) is 36.5 Å². The van der Waals surface area contributed by atoms with Gasteiger partial charge in [-0.05, 0) is 30.3 Å². The number of carbonyl (C=O) groups excluding carboxylic acids is 1. The first-order valence-corrected chi connectivity index (χ1v) is 15.7. The fourth-order valence-electron chi connectivity index (χ4n) is 4.28. The number of hydrogen-bond acceptors (Lipinski definition) is 6. The predicted octanol–water partition coefficient (Wildman–Crippen LogP) is 4.55. The van der Waals surface area contributed by atoms with E-state index in [2.05, 4.69) is 29.9 Å². The van der Waals surface area contributed by atoms with E-state index in [1.54, 1.807) is 20.3 Å². The van der Waals surface area contributed by atoms with Gasteiger partial charge in [-0.25, -0.2) is 9.37 Å². The summed E-state index contributed by atoms with van der Waals surface area (Å²) in [6, 6.07) is 10.2. The van der Waals surface area contributed by atoms with Crippen LogP contribution in [0.5, 0.6) is 11.5 Å². The SMILES string of the molecule is COc1cccc(OC)c1-c1cn(COCC[Si](C)(C)C)c2nc(NC(=O)C3C(CO)[C@H]3F)ccc12. The lowest BCUT2D eigenvalue weighted by Gasteiger charge is -2.15. The minimum atomic E-state index is -1.33. The van der Waals surface area contributed by atoms with E-state index in [-0.39, 0.29) is 13.3 Å². The second-order valence-corrected chi connectivity index (χ2v) is 15.9. The number of aliphatic hydroxyl groups excluding tert-OH is 1. The Balaban J connectivity index is 1.70. The predicted molar refractivity (Wildman–Crippen MR) is 140 cm³/mol. The molecule has 0 bridgehead atoms. The number of rotatable bonds is 11. The molecule has 8 nitrogen and oxygen atoms in total. The Kier molecular flexibility index (Phi) is 7.67. The second-order valence-electron chi connectivity index (χ2n) is 10.3. The van der Waals surface area contributed by atoms with Crippen molar-refractivity contribution in [2.45, 2.75) is 38.6 Å². The third-order valence-electron chi connectivity index (χ3n) is 6.48. The molecule has 3 aromatic rings. The van der Waals surface area contributed by atoms with E-state index >= 15 is 0 Å². The van der Waals surface area contributed by atoms with Gasteiger partial charge in [0.1, 0.15) is 35.9 Å². The molecule has 1 saturated carbocycles. The highest BCUT2D eigenvalue weighted by molar-refractivity contribution is 6.76. The van der Waals surface area contributed by atoms with E-state index in [4.69, 9.17) is 14.2 Å². The smallest absolute Gasteiger partial charge is 0.232 e. The first-order chi connectivity index (χ1) is 17.2. The molecule has 10 heteroatoms. The summed E-state index contributed by atoms with van der Waals surface area (Å²) in [6.07, 6.45) is 0.616. The van der Waals surface area contributed by atoms with E-state index in [0.29, 0.717) is 29.6 Å². The Hall–Kier alpha value is -2.95. The molecule has 1 fully saturated rings. The molecule has 2 N–H and O–H groups in total. The van der Waals surface area contributed by atoms with Crippen molar-refractivity contribution in [1.29, 1.82) is 0 Å². The summed E-state index contributed by atoms with van der Waals surface area (Å²) in [5, 5.41) is 12.7. The second kappa shape index (κ2) is 10.6. The van der Waals surface area contributed by atoms with Crippen LogP contribution in [0.4, 0.5) is 10.2 Å². The fraction of sp³-hybridized carbons (Fsp3) is 0.462. The van der Waals surface area contributed by atoms with Gasteiger partial charge in [0.2, 0.25) is 5.91 Å². The molecule has 1 aliphatic carbocycles. The molecule has 194 valence electrons. The zero-order valence-corrected chi connectivity index (χ0v) is 22.4. The number of benzene rings is 1. The highest BCUT2D eigenvalue weighted by Crippen LogP contribution is 2.44. The summed E-state index contributed by atoms with van der Waals surface area (Å²) >= 11 is 0. The maximum atomic E-state index is 13.8. The number of hydrogen-bond donors (Lipinski definition) is 2. The fourth-order valence-corrected chi connectivity index (χ4v) is 5.04. The molecular formula is C26H34FN3O5Si. The normalized spacial score (nSPS) is 19.4. The monoisotopic (exact) mass is 515 g/mol. The average molecular weight is 516 g/mol. The van der Waals surface area contributed by atoms with E-state index in [0.717, 1.165) is 22.6 Å². The quantitative estimate of drug-likeness (QED) is 0.287. The van der Waals surface area contributed by atoms with Crippen LogP contribution in [-0.2, 0) is 16.3 Å². The number of aliphatic hydroxyl groups is 1. The largest absolute Gasteiger partial charge is 0.496 e. The highest BCUT2D eigenvalue weighted by atomic mass is 28.3. The molecule has 0 aliphatic heterocycles. The summed E-state index contributed by atoms with van der Waals surface area (Å²) in [4.78, 5) is 17.2. The van der Waals surface area contributed by atoms with Crippen LogP contribution in [0.25, 0.3) is 22.2 Å². The molecule has 2 heterocycles. The van der Waals surface area contributed by atoms with Crippen LogP contribution in [0.2, 0.25) is 25.7 Å². The summed E-state index contributed by atoms with van der Waals surface area (Å²) < 4.78 is 33.0. The van der Waals surface area contributed by atoms with E-state index in [1.807, 2.05) is 35.0 Å². The number of methoxy groups -OCH3 is 2. The Morgan fingerprint density at radius 2 is 1.86 bits per heavy atom. The molecule has 1 amide bonds. The first kappa shape index (κ1) is 26.1. The third kappa shape index (κ3) is 5.40. The van der Waals surface area contributed by atoms with Crippen molar-refractivity contribution in [3.63, 3.8) is 0 Å². The molecule has 0 radical (unpaired) electrons. The molecule has 3 atom stereocenters. The Morgan fingerprint density at radius 1 is 1.17 bits per heavy atom. The molecule has 2 aromatic heterocycles. The zero-order valence-electron chi connectivity index (χ0n) is 21.4. The maximum Gasteiger partial charge on any atom is 0.232 e. The maximum absolute atomic E-state index is 13.8. The van der Waals surface area contributed by atoms with Gasteiger partial charge in [-0.15, -0.1) is 0 Å². The number of nitrogens with one attached hydrogen (secondary N) is 1. The summed E-state index contributed by atoms with van der Waals surface area (Å²) in [5.41, 5.74) is 2.25. The number of anilines is 1. The van der Waals surface area contributed by atoms with Gasteiger partial charge < -0.3 is 29.2 Å². The average Bonchev–Trinajstić information content (AvgIpc) is 3.39. The Labute approximate surface area is 211 Å². The highest BCUT2D eigenvalue weighted by Gasteiger charge is 2.55. The van der Waals surface area contributed by atoms with Gasteiger partial charge in [-0.1, -0.05) is 25.7 Å². The first-order valence-electron chi connectivity index (χ1n) is 12.0. The van der Waals surface area contributed by atoms with Gasteiger partial charge in [0, 0.05) is 44.4 Å². The van der Waals surface area contributed by atoms with Crippen molar-refractivity contribution in [2.24, 2.45) is 11.8 Å². The number of amides is 1. The minimum Gasteiger partial charge on any atom is -0.496 e. The van der Waals surface area contributed by atoms with E-state index < -0.39 is 32.0 Å². The Morgan fingerprint density at radius 3 is 2.44 bits per heavy atom. The lowest BCUT2D eigenvalue weighted by Crippen LogP contribution is -2.22. The summed E-state index contributed by atoms with van der Waals surface area (Å²) in [6.45, 7) is 7.47. The van der Waals surface area contributed by atoms with Gasteiger partial charge in [-0.3, -0.25) is 4.79 Å². The van der Waals surface area contributed by atoms with Gasteiger partial charge >= 0.3 is 0 Å². The number of fused-ring (bicyclic) bond motifs is 1. The van der Waals surface area contributed by atoms with Gasteiger partial charge in [-0.2, -0.15) is 0 Å². The minimum absolute atomic E-state index is 0.282. The molecule has 4 rings (SSSR count). The van der Waals surface area contributed by atoms with Crippen LogP contribution in [-0.4, -0.2) is 62.2 Å². The number of ether oxygens (including phenoxy) is 3. The lowest BCUT2D eigenvalue weighted by atomic mass is 10.0. The van der Waals surface area contributed by atoms with Gasteiger partial charge in [0.25, 0.3) is 0 Å². The Bertz CT molecular complexity index is 1220. The van der Waals surface area contributed by atoms with E-state index in [1.165, 1.54) is 0 Å². The van der Waals surface area contributed by atoms with Crippen molar-refractivity contribution in [2.75, 3.05) is 32.8 Å². The van der Waals surface area contributed by atoms with E-state index in [9.17, 15) is 14.3 Å². The molecule has 0 saturated heterocycles. The van der Waals surface area contributed by atoms with Crippen LogP contribution in [0.3, 0.4) is 0 Å². The number of halogens is 1. The summed E-state index contributed by atoms with van der Waals surface area (Å²) in [7, 11) is 1.97. The molecule has 0 spiro atoms. The van der Waals surface area contributed by atoms with Crippen molar-refractivity contribution in [3.8, 4) is 22.6 Å². The number of pyridine rings is 1.